The maximum absolute atomic E-state index is 10.9. The van der Waals surface area contributed by atoms with Gasteiger partial charge in [-0.15, -0.1) is 0 Å². The number of hydrogen-bond acceptors (Lipinski definition) is 5. The van der Waals surface area contributed by atoms with Gasteiger partial charge < -0.3 is 14.2 Å². The summed E-state index contributed by atoms with van der Waals surface area (Å²) >= 11 is 0. The van der Waals surface area contributed by atoms with Crippen molar-refractivity contribution < 1.29 is 23.8 Å². The third-order valence-electron chi connectivity index (χ3n) is 1.29. The SMILES string of the molecule is COC(=O)CC=C(OC)C(=O)OC. The van der Waals surface area contributed by atoms with Crippen LogP contribution in [0.3, 0.4) is 0 Å². The molecule has 0 saturated heterocycles. The molecular formula is C8H12O5. The molecule has 0 saturated carbocycles. The maximum atomic E-state index is 10.9. The Morgan fingerprint density at radius 2 is 1.69 bits per heavy atom. The van der Waals surface area contributed by atoms with Gasteiger partial charge in [-0.05, 0) is 6.08 Å². The van der Waals surface area contributed by atoms with Crippen molar-refractivity contribution >= 4 is 11.9 Å². The predicted molar refractivity (Wildman–Crippen MR) is 43.7 cm³/mol. The van der Waals surface area contributed by atoms with Crippen LogP contribution in [0, 0.1) is 0 Å². The van der Waals surface area contributed by atoms with E-state index in [2.05, 4.69) is 14.2 Å². The molecule has 0 heterocycles. The van der Waals surface area contributed by atoms with E-state index in [1.54, 1.807) is 0 Å². The van der Waals surface area contributed by atoms with Crippen LogP contribution in [-0.2, 0) is 23.8 Å². The van der Waals surface area contributed by atoms with E-state index in [0.29, 0.717) is 0 Å². The Hall–Kier alpha value is -1.52. The van der Waals surface area contributed by atoms with Crippen LogP contribution in [0.5, 0.6) is 0 Å². The van der Waals surface area contributed by atoms with Crippen molar-refractivity contribution in [2.45, 2.75) is 6.42 Å². The van der Waals surface area contributed by atoms with E-state index in [9.17, 15) is 9.59 Å². The van der Waals surface area contributed by atoms with Crippen molar-refractivity contribution in [2.75, 3.05) is 21.3 Å². The van der Waals surface area contributed by atoms with Gasteiger partial charge in [0, 0.05) is 0 Å². The summed E-state index contributed by atoms with van der Waals surface area (Å²) in [5, 5.41) is 0. The average Bonchev–Trinajstić information content (AvgIpc) is 2.17. The molecule has 0 amide bonds. The van der Waals surface area contributed by atoms with Gasteiger partial charge in [0.05, 0.1) is 27.8 Å². The number of hydrogen-bond donors (Lipinski definition) is 0. The van der Waals surface area contributed by atoms with Crippen molar-refractivity contribution in [1.82, 2.24) is 0 Å². The quantitative estimate of drug-likeness (QED) is 0.359. The van der Waals surface area contributed by atoms with E-state index in [1.807, 2.05) is 0 Å². The predicted octanol–water partition coefficient (Wildman–Crippen LogP) is 0.253. The number of ether oxygens (including phenoxy) is 3. The zero-order chi connectivity index (χ0) is 10.3. The Labute approximate surface area is 76.3 Å². The molecule has 0 aliphatic carbocycles. The Morgan fingerprint density at radius 1 is 1.08 bits per heavy atom. The fraction of sp³-hybridized carbons (Fsp3) is 0.500. The largest absolute Gasteiger partial charge is 0.490 e. The highest BCUT2D eigenvalue weighted by molar-refractivity contribution is 5.87. The highest BCUT2D eigenvalue weighted by Gasteiger charge is 2.09. The first-order valence-corrected chi connectivity index (χ1v) is 3.55. The van der Waals surface area contributed by atoms with Gasteiger partial charge in [-0.25, -0.2) is 4.79 Å². The zero-order valence-electron chi connectivity index (χ0n) is 7.83. The Bertz CT molecular complexity index is 219. The van der Waals surface area contributed by atoms with Crippen molar-refractivity contribution in [3.05, 3.63) is 11.8 Å². The molecule has 0 bridgehead atoms. The summed E-state index contributed by atoms with van der Waals surface area (Å²) in [5.41, 5.74) is 0. The topological polar surface area (TPSA) is 61.8 Å². The minimum atomic E-state index is -0.619. The van der Waals surface area contributed by atoms with E-state index >= 15 is 0 Å². The van der Waals surface area contributed by atoms with Crippen molar-refractivity contribution in [2.24, 2.45) is 0 Å². The lowest BCUT2D eigenvalue weighted by Gasteiger charge is -2.02. The minimum absolute atomic E-state index is 0.00657. The van der Waals surface area contributed by atoms with Crippen LogP contribution in [0.2, 0.25) is 0 Å². The van der Waals surface area contributed by atoms with E-state index < -0.39 is 11.9 Å². The molecule has 0 aliphatic rings. The minimum Gasteiger partial charge on any atom is -0.490 e. The molecule has 74 valence electrons. The first-order chi connectivity index (χ1) is 6.15. The standard InChI is InChI=1S/C8H12O5/c1-11-6(8(10)13-3)4-5-7(9)12-2/h4H,5H2,1-3H3. The van der Waals surface area contributed by atoms with Crippen LogP contribution >= 0.6 is 0 Å². The van der Waals surface area contributed by atoms with Crippen LogP contribution in [0.15, 0.2) is 11.8 Å². The molecule has 0 unspecified atom stereocenters. The first kappa shape index (κ1) is 11.5. The van der Waals surface area contributed by atoms with Crippen LogP contribution in [0.25, 0.3) is 0 Å². The summed E-state index contributed by atoms with van der Waals surface area (Å²) in [4.78, 5) is 21.5. The van der Waals surface area contributed by atoms with Crippen LogP contribution < -0.4 is 0 Å². The van der Waals surface area contributed by atoms with E-state index in [4.69, 9.17) is 0 Å². The van der Waals surface area contributed by atoms with Gasteiger partial charge in [0.2, 0.25) is 5.76 Å². The molecule has 0 spiro atoms. The molecule has 0 rings (SSSR count). The number of methoxy groups -OCH3 is 3. The second-order valence-corrected chi connectivity index (χ2v) is 2.04. The Morgan fingerprint density at radius 3 is 2.08 bits per heavy atom. The van der Waals surface area contributed by atoms with Crippen molar-refractivity contribution in [3.63, 3.8) is 0 Å². The molecule has 0 aromatic heterocycles. The first-order valence-electron chi connectivity index (χ1n) is 3.55. The molecule has 0 N–H and O–H groups in total. The summed E-state index contributed by atoms with van der Waals surface area (Å²) in [5.74, 6) is -1.07. The van der Waals surface area contributed by atoms with E-state index in [0.717, 1.165) is 0 Å². The molecule has 13 heavy (non-hydrogen) atoms. The molecule has 0 fully saturated rings. The zero-order valence-corrected chi connectivity index (χ0v) is 7.83. The molecule has 5 heteroatoms. The number of rotatable bonds is 4. The smallest absolute Gasteiger partial charge is 0.372 e. The van der Waals surface area contributed by atoms with E-state index in [-0.39, 0.29) is 12.2 Å². The van der Waals surface area contributed by atoms with Gasteiger partial charge in [-0.1, -0.05) is 0 Å². The molecule has 0 aromatic carbocycles. The van der Waals surface area contributed by atoms with Crippen LogP contribution in [-0.4, -0.2) is 33.3 Å². The highest BCUT2D eigenvalue weighted by Crippen LogP contribution is 2.00. The second-order valence-electron chi connectivity index (χ2n) is 2.04. The summed E-state index contributed by atoms with van der Waals surface area (Å²) in [7, 11) is 3.81. The lowest BCUT2D eigenvalue weighted by molar-refractivity contribution is -0.139. The summed E-state index contributed by atoms with van der Waals surface area (Å²) in [6, 6.07) is 0. The van der Waals surface area contributed by atoms with Crippen LogP contribution in [0.1, 0.15) is 6.42 Å². The van der Waals surface area contributed by atoms with Gasteiger partial charge in [-0.2, -0.15) is 0 Å². The molecule has 0 aromatic rings. The van der Waals surface area contributed by atoms with Gasteiger partial charge in [0.15, 0.2) is 0 Å². The van der Waals surface area contributed by atoms with Gasteiger partial charge in [0.1, 0.15) is 0 Å². The third-order valence-corrected chi connectivity index (χ3v) is 1.29. The normalized spacial score (nSPS) is 10.5. The molecule has 0 radical (unpaired) electrons. The van der Waals surface area contributed by atoms with Gasteiger partial charge >= 0.3 is 11.9 Å². The average molecular weight is 188 g/mol. The highest BCUT2D eigenvalue weighted by atomic mass is 16.6. The van der Waals surface area contributed by atoms with E-state index in [1.165, 1.54) is 27.4 Å². The molecular weight excluding hydrogens is 176 g/mol. The maximum Gasteiger partial charge on any atom is 0.372 e. The fourth-order valence-corrected chi connectivity index (χ4v) is 0.610. The monoisotopic (exact) mass is 188 g/mol. The lowest BCUT2D eigenvalue weighted by atomic mass is 10.3. The fourth-order valence-electron chi connectivity index (χ4n) is 0.610. The summed E-state index contributed by atoms with van der Waals surface area (Å²) < 4.78 is 13.4. The van der Waals surface area contributed by atoms with Gasteiger partial charge in [-0.3, -0.25) is 4.79 Å². The molecule has 0 aliphatic heterocycles. The van der Waals surface area contributed by atoms with Crippen molar-refractivity contribution in [1.29, 1.82) is 0 Å². The van der Waals surface area contributed by atoms with Gasteiger partial charge in [0.25, 0.3) is 0 Å². The third kappa shape index (κ3) is 4.15. The summed E-state index contributed by atoms with van der Waals surface area (Å²) in [6.45, 7) is 0. The molecule has 0 atom stereocenters. The Kier molecular flexibility index (Phi) is 5.34. The second kappa shape index (κ2) is 6.05. The Balaban J connectivity index is 4.22. The number of esters is 2. The van der Waals surface area contributed by atoms with Crippen molar-refractivity contribution in [3.8, 4) is 0 Å². The molecule has 5 nitrogen and oxygen atoms in total. The number of carbonyl (C=O) groups excluding carboxylic acids is 2. The van der Waals surface area contributed by atoms with Crippen LogP contribution in [0.4, 0.5) is 0 Å². The summed E-state index contributed by atoms with van der Waals surface area (Å²) in [6.07, 6.45) is 1.28. The lowest BCUT2D eigenvalue weighted by Crippen LogP contribution is -2.08. The number of carbonyl (C=O) groups is 2.